The smallest absolute Gasteiger partial charge is 0.273 e. The number of aromatic nitrogens is 1. The Bertz CT molecular complexity index is 1460. The van der Waals surface area contributed by atoms with E-state index in [0.29, 0.717) is 46.6 Å². The lowest BCUT2D eigenvalue weighted by Crippen LogP contribution is -2.75. The number of carbonyl (C=O) groups excluding carboxylic acids is 1. The lowest BCUT2D eigenvalue weighted by atomic mass is 9.42. The van der Waals surface area contributed by atoms with Gasteiger partial charge in [0.15, 0.2) is 5.69 Å². The van der Waals surface area contributed by atoms with Crippen LogP contribution in [0, 0.1) is 40.9 Å². The minimum absolute atomic E-state index is 0.101. The molecule has 9 rings (SSSR count). The van der Waals surface area contributed by atoms with Gasteiger partial charge in [-0.25, -0.2) is 12.7 Å². The number of benzene rings is 1. The van der Waals surface area contributed by atoms with Crippen LogP contribution >= 0.6 is 0 Å². The molecule has 2 bridgehead atoms. The number of carbonyl (C=O) groups is 1. The Labute approximate surface area is 242 Å². The number of nitrogens with zero attached hydrogens (tertiary/aromatic N) is 2. The molecule has 9 atom stereocenters. The lowest BCUT2D eigenvalue weighted by molar-refractivity contribution is -0.109. The second kappa shape index (κ2) is 8.68. The maximum atomic E-state index is 14.3. The topological polar surface area (TPSA) is 92.5 Å². The third kappa shape index (κ3) is 3.68. The molecule has 6 aliphatic carbocycles. The Morgan fingerprint density at radius 2 is 1.78 bits per heavy atom. The van der Waals surface area contributed by atoms with Gasteiger partial charge in [0.05, 0.1) is 4.75 Å². The molecule has 1 N–H and O–H groups in total. The van der Waals surface area contributed by atoms with Crippen LogP contribution in [-0.2, 0) is 16.4 Å². The minimum Gasteiger partial charge on any atom is -0.360 e. The summed E-state index contributed by atoms with van der Waals surface area (Å²) in [5, 5.41) is 7.21. The van der Waals surface area contributed by atoms with Crippen molar-refractivity contribution in [3.05, 3.63) is 53.4 Å². The van der Waals surface area contributed by atoms with Crippen molar-refractivity contribution in [2.75, 3.05) is 13.1 Å². The zero-order valence-electron chi connectivity index (χ0n) is 23.7. The van der Waals surface area contributed by atoms with Crippen LogP contribution in [0.4, 0.5) is 0 Å². The van der Waals surface area contributed by atoms with Crippen molar-refractivity contribution < 1.29 is 17.7 Å². The van der Waals surface area contributed by atoms with E-state index in [1.165, 1.54) is 31.2 Å². The summed E-state index contributed by atoms with van der Waals surface area (Å²) in [6, 6.07) is 12.7. The molecule has 0 radical (unpaired) electrons. The summed E-state index contributed by atoms with van der Waals surface area (Å²) >= 11 is 0. The van der Waals surface area contributed by atoms with E-state index in [9.17, 15) is 13.2 Å². The average Bonchev–Trinajstić information content (AvgIpc) is 3.60. The van der Waals surface area contributed by atoms with Gasteiger partial charge in [-0.1, -0.05) is 35.5 Å². The quantitative estimate of drug-likeness (QED) is 0.470. The van der Waals surface area contributed by atoms with Crippen LogP contribution in [0.15, 0.2) is 40.9 Å². The number of aryl methyl sites for hydroxylation is 1. The van der Waals surface area contributed by atoms with Crippen LogP contribution < -0.4 is 5.32 Å². The fraction of sp³-hybridized carbons (Fsp3) is 0.697. The summed E-state index contributed by atoms with van der Waals surface area (Å²) in [6.45, 7) is 1.49. The number of nitrogens with one attached hydrogen (secondary N) is 1. The molecule has 1 aliphatic heterocycles. The standard InChI is InChI=1S/C33H41N3O4S/c37-31(28-13-29(40-35-28)22-6-7-22)34-26-11-23-16-33(17-24(12-26)30(23)33)41(38,39)36-18-21-10-27-25(19-36)15-32(27,14-21)9-8-20-4-2-1-3-5-20/h1-5,13,21-27,30H,6-12,14-19H2,(H,34,37)/t21?,23-,24+,25?,26-,27?,30?,32?,33?. The summed E-state index contributed by atoms with van der Waals surface area (Å²) in [4.78, 5) is 12.9. The molecular weight excluding hydrogens is 534 g/mol. The number of rotatable bonds is 8. The van der Waals surface area contributed by atoms with Crippen LogP contribution in [0.5, 0.6) is 0 Å². The number of sulfonamides is 1. The average molecular weight is 576 g/mol. The van der Waals surface area contributed by atoms with Gasteiger partial charge >= 0.3 is 0 Å². The van der Waals surface area contributed by atoms with Crippen LogP contribution in [0.25, 0.3) is 0 Å². The van der Waals surface area contributed by atoms with Gasteiger partial charge in [-0.05, 0) is 117 Å². The molecule has 7 fully saturated rings. The van der Waals surface area contributed by atoms with Gasteiger partial charge in [0, 0.05) is 31.1 Å². The molecule has 6 unspecified atom stereocenters. The summed E-state index contributed by atoms with van der Waals surface area (Å²) in [7, 11) is -3.32. The van der Waals surface area contributed by atoms with Crippen molar-refractivity contribution in [3.8, 4) is 0 Å². The normalized spacial score (nSPS) is 42.3. The second-order valence-corrected chi connectivity index (χ2v) is 17.4. The summed E-state index contributed by atoms with van der Waals surface area (Å²) in [5.41, 5.74) is 2.27. The van der Waals surface area contributed by atoms with E-state index in [1.54, 1.807) is 6.07 Å². The molecule has 7 nitrogen and oxygen atoms in total. The van der Waals surface area contributed by atoms with Gasteiger partial charge < -0.3 is 9.84 Å². The van der Waals surface area contributed by atoms with Gasteiger partial charge in [0.1, 0.15) is 5.76 Å². The van der Waals surface area contributed by atoms with Crippen LogP contribution in [0.1, 0.15) is 91.9 Å². The number of hydrogen-bond acceptors (Lipinski definition) is 5. The molecule has 8 heteroatoms. The fourth-order valence-electron chi connectivity index (χ4n) is 11.1. The van der Waals surface area contributed by atoms with E-state index < -0.39 is 14.8 Å². The van der Waals surface area contributed by atoms with Gasteiger partial charge in [0.2, 0.25) is 10.0 Å². The van der Waals surface area contributed by atoms with E-state index in [-0.39, 0.29) is 17.9 Å². The molecule has 6 saturated carbocycles. The molecule has 0 spiro atoms. The molecule has 7 aliphatic rings. The van der Waals surface area contributed by atoms with Crippen molar-refractivity contribution in [1.82, 2.24) is 14.8 Å². The van der Waals surface area contributed by atoms with E-state index in [4.69, 9.17) is 4.52 Å². The maximum absolute atomic E-state index is 14.3. The summed E-state index contributed by atoms with van der Waals surface area (Å²) < 4.78 is 35.4. The first-order chi connectivity index (χ1) is 19.8. The molecule has 1 amide bonds. The highest BCUT2D eigenvalue weighted by Crippen LogP contribution is 2.71. The fourth-order valence-corrected chi connectivity index (χ4v) is 14.0. The van der Waals surface area contributed by atoms with E-state index >= 15 is 0 Å². The molecule has 1 aromatic carbocycles. The highest BCUT2D eigenvalue weighted by molar-refractivity contribution is 7.90. The van der Waals surface area contributed by atoms with E-state index in [1.807, 2.05) is 4.31 Å². The first-order valence-electron chi connectivity index (χ1n) is 16.1. The van der Waals surface area contributed by atoms with Crippen molar-refractivity contribution in [2.45, 2.75) is 87.3 Å². The maximum Gasteiger partial charge on any atom is 0.273 e. The molecule has 2 heterocycles. The number of amides is 1. The van der Waals surface area contributed by atoms with Crippen molar-refractivity contribution in [3.63, 3.8) is 0 Å². The molecule has 1 aromatic heterocycles. The Hall–Kier alpha value is -2.19. The van der Waals surface area contributed by atoms with Crippen molar-refractivity contribution in [2.24, 2.45) is 40.9 Å². The van der Waals surface area contributed by atoms with Crippen LogP contribution in [-0.4, -0.2) is 47.7 Å². The first kappa shape index (κ1) is 25.3. The largest absolute Gasteiger partial charge is 0.360 e. The molecule has 1 saturated heterocycles. The van der Waals surface area contributed by atoms with Crippen molar-refractivity contribution in [1.29, 1.82) is 0 Å². The summed E-state index contributed by atoms with van der Waals surface area (Å²) in [5.74, 6) is 3.96. The molecule has 41 heavy (non-hydrogen) atoms. The zero-order chi connectivity index (χ0) is 27.6. The minimum atomic E-state index is -3.32. The first-order valence-corrected chi connectivity index (χ1v) is 17.6. The van der Waals surface area contributed by atoms with E-state index in [0.717, 1.165) is 63.8 Å². The second-order valence-electron chi connectivity index (χ2n) is 15.1. The van der Waals surface area contributed by atoms with Crippen LogP contribution in [0.2, 0.25) is 0 Å². The Balaban J connectivity index is 0.835. The third-order valence-electron chi connectivity index (χ3n) is 12.9. The van der Waals surface area contributed by atoms with Crippen LogP contribution in [0.3, 0.4) is 0 Å². The summed E-state index contributed by atoms with van der Waals surface area (Å²) in [6.07, 6.45) is 11.6. The lowest BCUT2D eigenvalue weighted by Gasteiger charge is -2.70. The monoisotopic (exact) mass is 575 g/mol. The highest BCUT2D eigenvalue weighted by atomic mass is 32.2. The van der Waals surface area contributed by atoms with Gasteiger partial charge in [-0.2, -0.15) is 0 Å². The van der Waals surface area contributed by atoms with Gasteiger partial charge in [-0.3, -0.25) is 4.79 Å². The van der Waals surface area contributed by atoms with Gasteiger partial charge in [0.25, 0.3) is 5.91 Å². The zero-order valence-corrected chi connectivity index (χ0v) is 24.5. The Morgan fingerprint density at radius 3 is 2.54 bits per heavy atom. The number of hydrogen-bond donors (Lipinski definition) is 1. The Morgan fingerprint density at radius 1 is 1.00 bits per heavy atom. The molecule has 218 valence electrons. The number of fused-ring (bicyclic) bond motifs is 1. The Kier molecular flexibility index (Phi) is 5.36. The SMILES string of the molecule is O=C(N[C@@H]1C[C@@H]2CC3(S(=O)(=O)N4CC5CC6C(C4)CC6(CCc4ccccc4)C5)C[C@H](C1)C23)c1cc(C2CC2)on1. The van der Waals surface area contributed by atoms with Gasteiger partial charge in [-0.15, -0.1) is 0 Å². The predicted molar refractivity (Wildman–Crippen MR) is 153 cm³/mol. The van der Waals surface area contributed by atoms with Crippen molar-refractivity contribution >= 4 is 15.9 Å². The predicted octanol–water partition coefficient (Wildman–Crippen LogP) is 5.15. The highest BCUT2D eigenvalue weighted by Gasteiger charge is 2.74. The third-order valence-corrected chi connectivity index (χ3v) is 15.5. The molecular formula is C33H41N3O4S. The molecule has 2 aromatic rings. The van der Waals surface area contributed by atoms with E-state index in [2.05, 4.69) is 40.8 Å².